The zero-order chi connectivity index (χ0) is 36.6. The highest BCUT2D eigenvalue weighted by atomic mass is 32.1. The lowest BCUT2D eigenvalue weighted by Gasteiger charge is -2.21. The molecule has 0 saturated heterocycles. The highest BCUT2D eigenvalue weighted by molar-refractivity contribution is 7.26. The number of hydrogen-bond acceptors (Lipinski definition) is 2. The second-order valence-corrected chi connectivity index (χ2v) is 15.8. The van der Waals surface area contributed by atoms with E-state index in [1.807, 2.05) is 17.4 Å². The van der Waals surface area contributed by atoms with Crippen molar-refractivity contribution in [1.82, 2.24) is 0 Å². The molecule has 0 fully saturated rings. The van der Waals surface area contributed by atoms with Gasteiger partial charge in [0, 0.05) is 31.1 Å². The molecule has 1 aliphatic carbocycles. The van der Waals surface area contributed by atoms with Crippen LogP contribution in [0.2, 0.25) is 0 Å². The summed E-state index contributed by atoms with van der Waals surface area (Å²) in [6.07, 6.45) is 10.8. The predicted molar refractivity (Wildman–Crippen MR) is 239 cm³/mol. The van der Waals surface area contributed by atoms with Gasteiger partial charge >= 0.3 is 0 Å². The third-order valence-corrected chi connectivity index (χ3v) is 12.8. The maximum absolute atomic E-state index is 6.70. The van der Waals surface area contributed by atoms with E-state index in [-0.39, 0.29) is 0 Å². The fraction of sp³-hybridized carbons (Fsp3) is 0.0566. The van der Waals surface area contributed by atoms with Crippen molar-refractivity contribution in [2.75, 3.05) is 0 Å². The molecule has 0 amide bonds. The zero-order valence-electron chi connectivity index (χ0n) is 30.5. The Bertz CT molecular complexity index is 3230. The molecule has 0 aliphatic heterocycles. The van der Waals surface area contributed by atoms with Crippen molar-refractivity contribution < 1.29 is 4.42 Å². The van der Waals surface area contributed by atoms with Crippen molar-refractivity contribution in [3.8, 4) is 33.4 Å². The number of thiophene rings is 1. The van der Waals surface area contributed by atoms with Crippen molar-refractivity contribution in [2.24, 2.45) is 0 Å². The molecule has 0 N–H and O–H groups in total. The molecule has 0 atom stereocenters. The van der Waals surface area contributed by atoms with Gasteiger partial charge in [0.05, 0.1) is 0 Å². The monoisotopic (exact) mass is 720 g/mol. The average molecular weight is 721 g/mol. The molecule has 8 aromatic carbocycles. The van der Waals surface area contributed by atoms with Crippen LogP contribution in [0.4, 0.5) is 0 Å². The summed E-state index contributed by atoms with van der Waals surface area (Å²) in [7, 11) is 0. The third kappa shape index (κ3) is 4.85. The van der Waals surface area contributed by atoms with Crippen LogP contribution in [0.1, 0.15) is 29.7 Å². The molecule has 260 valence electrons. The first-order valence-corrected chi connectivity index (χ1v) is 19.9. The van der Waals surface area contributed by atoms with Gasteiger partial charge in [0.15, 0.2) is 0 Å². The fourth-order valence-corrected chi connectivity index (χ4v) is 10.4. The van der Waals surface area contributed by atoms with Crippen LogP contribution in [0, 0.1) is 6.92 Å². The molecule has 2 heteroatoms. The largest absolute Gasteiger partial charge is 0.456 e. The Kier molecular flexibility index (Phi) is 7.30. The summed E-state index contributed by atoms with van der Waals surface area (Å²) in [4.78, 5) is 0. The Hall–Kier alpha value is -6.48. The highest BCUT2D eigenvalue weighted by Gasteiger charge is 2.23. The van der Waals surface area contributed by atoms with E-state index in [2.05, 4.69) is 171 Å². The maximum Gasteiger partial charge on any atom is 0.136 e. The van der Waals surface area contributed by atoms with Crippen LogP contribution in [0.3, 0.4) is 0 Å². The topological polar surface area (TPSA) is 13.1 Å². The van der Waals surface area contributed by atoms with Crippen LogP contribution < -0.4 is 0 Å². The number of rotatable bonds is 5. The second kappa shape index (κ2) is 12.6. The molecule has 1 aliphatic rings. The lowest BCUT2D eigenvalue weighted by Crippen LogP contribution is -1.96. The van der Waals surface area contributed by atoms with Crippen LogP contribution in [0.15, 0.2) is 169 Å². The van der Waals surface area contributed by atoms with Gasteiger partial charge in [-0.2, -0.15) is 0 Å². The fourth-order valence-electron chi connectivity index (χ4n) is 9.27. The Balaban J connectivity index is 1.12. The molecule has 2 heterocycles. The Labute approximate surface area is 323 Å². The Morgan fingerprint density at radius 3 is 1.89 bits per heavy atom. The summed E-state index contributed by atoms with van der Waals surface area (Å²) in [6, 6.07) is 51.5. The number of hydrogen-bond donors (Lipinski definition) is 0. The number of benzene rings is 8. The van der Waals surface area contributed by atoms with Gasteiger partial charge in [0.1, 0.15) is 11.3 Å². The quantitative estimate of drug-likeness (QED) is 0.161. The van der Waals surface area contributed by atoms with Gasteiger partial charge in [-0.05, 0) is 127 Å². The van der Waals surface area contributed by atoms with Gasteiger partial charge < -0.3 is 4.42 Å². The number of aryl methyl sites for hydroxylation is 1. The van der Waals surface area contributed by atoms with Crippen molar-refractivity contribution in [1.29, 1.82) is 0 Å². The van der Waals surface area contributed by atoms with E-state index in [0.29, 0.717) is 0 Å². The van der Waals surface area contributed by atoms with Crippen molar-refractivity contribution in [3.63, 3.8) is 0 Å². The summed E-state index contributed by atoms with van der Waals surface area (Å²) in [6.45, 7) is 6.42. The van der Waals surface area contributed by atoms with Gasteiger partial charge in [0.25, 0.3) is 0 Å². The molecule has 11 rings (SSSR count). The summed E-state index contributed by atoms with van der Waals surface area (Å²) >= 11 is 1.85. The Morgan fingerprint density at radius 2 is 1.20 bits per heavy atom. The second-order valence-electron chi connectivity index (χ2n) is 14.7. The van der Waals surface area contributed by atoms with E-state index in [4.69, 9.17) is 4.42 Å². The normalized spacial score (nSPS) is 13.1. The molecule has 0 unspecified atom stereocenters. The number of fused-ring (bicyclic) bond motifs is 7. The summed E-state index contributed by atoms with van der Waals surface area (Å²) in [5, 5.41) is 11.3. The number of furan rings is 1. The molecule has 0 saturated carbocycles. The Morgan fingerprint density at radius 1 is 0.564 bits per heavy atom. The SMILES string of the molecule is C=Cc1oc2cc(-c3ccc(-c4c5ccccc5c(C5=CC=CCC5)c5ccccc45)c4ccccc34)ccc2c1-c1c(C)ccc2sc3ccccc3c12. The van der Waals surface area contributed by atoms with Gasteiger partial charge in [-0.25, -0.2) is 0 Å². The highest BCUT2D eigenvalue weighted by Crippen LogP contribution is 2.49. The van der Waals surface area contributed by atoms with Gasteiger partial charge in [-0.15, -0.1) is 11.3 Å². The first kappa shape index (κ1) is 32.0. The van der Waals surface area contributed by atoms with Crippen LogP contribution >= 0.6 is 11.3 Å². The third-order valence-electron chi connectivity index (χ3n) is 11.7. The zero-order valence-corrected chi connectivity index (χ0v) is 31.3. The van der Waals surface area contributed by atoms with Gasteiger partial charge in [-0.3, -0.25) is 0 Å². The molecular formula is C53H36OS. The van der Waals surface area contributed by atoms with Crippen molar-refractivity contribution in [2.45, 2.75) is 19.8 Å². The van der Waals surface area contributed by atoms with E-state index < -0.39 is 0 Å². The molecule has 10 aromatic rings. The molecule has 2 aromatic heterocycles. The van der Waals surface area contributed by atoms with E-state index in [1.54, 1.807) is 0 Å². The molecular weight excluding hydrogens is 685 g/mol. The summed E-state index contributed by atoms with van der Waals surface area (Å²) in [5.74, 6) is 0.806. The molecule has 0 radical (unpaired) electrons. The van der Waals surface area contributed by atoms with Gasteiger partial charge in [0.2, 0.25) is 0 Å². The summed E-state index contributed by atoms with van der Waals surface area (Å²) < 4.78 is 9.28. The van der Waals surface area contributed by atoms with Crippen molar-refractivity contribution in [3.05, 3.63) is 181 Å². The lowest BCUT2D eigenvalue weighted by molar-refractivity contribution is 0.606. The van der Waals surface area contributed by atoms with Crippen LogP contribution in [0.25, 0.3) is 108 Å². The predicted octanol–water partition coefficient (Wildman–Crippen LogP) is 15.9. The van der Waals surface area contributed by atoms with Crippen molar-refractivity contribution >= 4 is 86.4 Å². The molecule has 55 heavy (non-hydrogen) atoms. The minimum absolute atomic E-state index is 0.806. The average Bonchev–Trinajstić information content (AvgIpc) is 3.81. The van der Waals surface area contributed by atoms with E-state index >= 15 is 0 Å². The standard InChI is InChI=1S/C53H36OS/c1-3-45-52(49-32(2)25-30-48-53(49)44-23-13-14-24-47(44)55-48)43-27-26-34(31-46(43)54-45)35-28-29-42(37-18-8-7-17-36(35)37)51-40-21-11-9-19-38(40)50(33-15-5-4-6-16-33)39-20-10-12-22-41(39)51/h3-5,7-15,17-31H,1,6,16H2,2H3. The first-order valence-electron chi connectivity index (χ1n) is 19.1. The molecule has 0 bridgehead atoms. The lowest BCUT2D eigenvalue weighted by atomic mass is 9.82. The minimum Gasteiger partial charge on any atom is -0.456 e. The van der Waals surface area contributed by atoms with Crippen LogP contribution in [-0.2, 0) is 0 Å². The molecule has 0 spiro atoms. The molecule has 1 nitrogen and oxygen atoms in total. The van der Waals surface area contributed by atoms with E-state index in [9.17, 15) is 0 Å². The summed E-state index contributed by atoms with van der Waals surface area (Å²) in [5.41, 5.74) is 12.1. The minimum atomic E-state index is 0.806. The first-order chi connectivity index (χ1) is 27.2. The van der Waals surface area contributed by atoms with Crippen LogP contribution in [-0.4, -0.2) is 0 Å². The van der Waals surface area contributed by atoms with Crippen LogP contribution in [0.5, 0.6) is 0 Å². The maximum atomic E-state index is 6.70. The van der Waals surface area contributed by atoms with E-state index in [1.165, 1.54) is 91.4 Å². The smallest absolute Gasteiger partial charge is 0.136 e. The van der Waals surface area contributed by atoms with E-state index in [0.717, 1.165) is 40.7 Å². The van der Waals surface area contributed by atoms with Gasteiger partial charge in [-0.1, -0.05) is 140 Å². The number of allylic oxidation sites excluding steroid dienone is 4.